The number of ether oxygens (including phenoxy) is 2. The van der Waals surface area contributed by atoms with Crippen molar-refractivity contribution < 1.29 is 29.0 Å². The van der Waals surface area contributed by atoms with Crippen LogP contribution >= 0.6 is 0 Å². The molecule has 0 aliphatic heterocycles. The van der Waals surface area contributed by atoms with Gasteiger partial charge in [-0.3, -0.25) is 0 Å². The number of anilines is 1. The summed E-state index contributed by atoms with van der Waals surface area (Å²) >= 11 is 0. The van der Waals surface area contributed by atoms with E-state index in [4.69, 9.17) is 24.2 Å². The van der Waals surface area contributed by atoms with Crippen molar-refractivity contribution in [3.05, 3.63) is 47.7 Å². The number of hydrogen-bond acceptors (Lipinski definition) is 8. The molecule has 144 valence electrons. The molecule has 0 unspecified atom stereocenters. The summed E-state index contributed by atoms with van der Waals surface area (Å²) < 4.78 is 15.6. The third kappa shape index (κ3) is 6.47. The highest BCUT2D eigenvalue weighted by molar-refractivity contribution is 6.33. The Hall–Kier alpha value is -2.78. The predicted molar refractivity (Wildman–Crippen MR) is 101 cm³/mol. The summed E-state index contributed by atoms with van der Waals surface area (Å²) in [6.45, 7) is 6.07. The zero-order valence-electron chi connectivity index (χ0n) is 15.5. The van der Waals surface area contributed by atoms with Crippen molar-refractivity contribution in [1.29, 1.82) is 0 Å². The van der Waals surface area contributed by atoms with Gasteiger partial charge in [-0.2, -0.15) is 0 Å². The predicted octanol–water partition coefficient (Wildman–Crippen LogP) is 2.01. The summed E-state index contributed by atoms with van der Waals surface area (Å²) in [6, 6.07) is 8.27. The number of pyridine rings is 1. The van der Waals surface area contributed by atoms with Crippen LogP contribution in [0, 0.1) is 0 Å². The van der Waals surface area contributed by atoms with Crippen molar-refractivity contribution in [3.63, 3.8) is 0 Å². The molecule has 0 aliphatic rings. The van der Waals surface area contributed by atoms with Gasteiger partial charge in [0.05, 0.1) is 12.7 Å². The Morgan fingerprint density at radius 2 is 2.00 bits per heavy atom. The van der Waals surface area contributed by atoms with E-state index in [0.29, 0.717) is 23.7 Å². The van der Waals surface area contributed by atoms with E-state index < -0.39 is 13.3 Å². The molecule has 0 atom stereocenters. The molecule has 27 heavy (non-hydrogen) atoms. The summed E-state index contributed by atoms with van der Waals surface area (Å²) in [6.07, 6.45) is 1.51. The summed E-state index contributed by atoms with van der Waals surface area (Å²) in [7, 11) is -1.94. The van der Waals surface area contributed by atoms with Crippen LogP contribution < -0.4 is 14.7 Å². The fraction of sp³-hybridized carbons (Fsp3) is 0.333. The lowest BCUT2D eigenvalue weighted by Gasteiger charge is -2.15. The molecular formula is C18H23BN2O6. The first-order chi connectivity index (χ1) is 12.9. The minimum Gasteiger partial charge on any atom is -0.512 e. The van der Waals surface area contributed by atoms with E-state index in [1.807, 2.05) is 13.8 Å². The maximum Gasteiger partial charge on any atom is 0.707 e. The van der Waals surface area contributed by atoms with Crippen LogP contribution in [0.5, 0.6) is 11.5 Å². The normalized spacial score (nSPS) is 10.4. The van der Waals surface area contributed by atoms with Crippen LogP contribution in [0.1, 0.15) is 36.7 Å². The van der Waals surface area contributed by atoms with Crippen LogP contribution in [-0.4, -0.2) is 41.0 Å². The van der Waals surface area contributed by atoms with Gasteiger partial charge in [-0.05, 0) is 50.6 Å². The Labute approximate surface area is 158 Å². The van der Waals surface area contributed by atoms with E-state index in [-0.39, 0.29) is 18.5 Å². The van der Waals surface area contributed by atoms with Gasteiger partial charge in [0.25, 0.3) is 0 Å². The SMILES string of the molecule is CCOC(=O)c1cccnc1NCc1cc(OB(O)O)cc(OC(C)C)c1. The van der Waals surface area contributed by atoms with Crippen LogP contribution in [0.3, 0.4) is 0 Å². The van der Waals surface area contributed by atoms with Gasteiger partial charge in [0.1, 0.15) is 22.9 Å². The monoisotopic (exact) mass is 374 g/mol. The van der Waals surface area contributed by atoms with Crippen molar-refractivity contribution in [2.45, 2.75) is 33.4 Å². The zero-order valence-corrected chi connectivity index (χ0v) is 15.5. The van der Waals surface area contributed by atoms with Crippen LogP contribution in [-0.2, 0) is 11.3 Å². The van der Waals surface area contributed by atoms with Gasteiger partial charge in [0.15, 0.2) is 0 Å². The topological polar surface area (TPSA) is 110 Å². The highest BCUT2D eigenvalue weighted by atomic mass is 16.6. The second-order valence-corrected chi connectivity index (χ2v) is 5.90. The molecule has 0 bridgehead atoms. The largest absolute Gasteiger partial charge is 0.707 e. The van der Waals surface area contributed by atoms with Crippen LogP contribution in [0.15, 0.2) is 36.5 Å². The molecule has 0 saturated carbocycles. The van der Waals surface area contributed by atoms with Gasteiger partial charge in [0, 0.05) is 18.8 Å². The Morgan fingerprint density at radius 1 is 1.26 bits per heavy atom. The molecule has 0 spiro atoms. The highest BCUT2D eigenvalue weighted by Gasteiger charge is 2.15. The molecular weight excluding hydrogens is 351 g/mol. The number of nitrogens with zero attached hydrogens (tertiary/aromatic N) is 1. The smallest absolute Gasteiger partial charge is 0.512 e. The number of aromatic nitrogens is 1. The van der Waals surface area contributed by atoms with E-state index in [9.17, 15) is 4.79 Å². The molecule has 1 aromatic carbocycles. The molecule has 2 rings (SSSR count). The van der Waals surface area contributed by atoms with E-state index in [2.05, 4.69) is 10.3 Å². The number of carbonyl (C=O) groups is 1. The van der Waals surface area contributed by atoms with Gasteiger partial charge in [-0.1, -0.05) is 0 Å². The van der Waals surface area contributed by atoms with E-state index >= 15 is 0 Å². The number of rotatable bonds is 9. The fourth-order valence-corrected chi connectivity index (χ4v) is 2.37. The van der Waals surface area contributed by atoms with Gasteiger partial charge in [-0.25, -0.2) is 9.78 Å². The standard InChI is InChI=1S/C18H23BN2O6/c1-4-25-18(22)16-6-5-7-20-17(16)21-11-13-8-14(26-12(2)3)10-15(9-13)27-19(23)24/h5-10,12,23-24H,4,11H2,1-3H3,(H,20,21). The second kappa shape index (κ2) is 9.79. The van der Waals surface area contributed by atoms with Crippen molar-refractivity contribution in [1.82, 2.24) is 4.98 Å². The molecule has 3 N–H and O–H groups in total. The van der Waals surface area contributed by atoms with E-state index in [1.54, 1.807) is 43.5 Å². The van der Waals surface area contributed by atoms with Crippen molar-refractivity contribution in [2.75, 3.05) is 11.9 Å². The third-order valence-corrected chi connectivity index (χ3v) is 3.32. The Morgan fingerprint density at radius 3 is 2.67 bits per heavy atom. The molecule has 9 heteroatoms. The molecule has 2 aromatic rings. The van der Waals surface area contributed by atoms with Crippen LogP contribution in [0.4, 0.5) is 5.82 Å². The molecule has 0 radical (unpaired) electrons. The first-order valence-corrected chi connectivity index (χ1v) is 8.58. The number of esters is 1. The third-order valence-electron chi connectivity index (χ3n) is 3.32. The molecule has 8 nitrogen and oxygen atoms in total. The molecule has 0 saturated heterocycles. The Bertz CT molecular complexity index is 741. The van der Waals surface area contributed by atoms with E-state index in [0.717, 1.165) is 5.56 Å². The first-order valence-electron chi connectivity index (χ1n) is 8.58. The highest BCUT2D eigenvalue weighted by Crippen LogP contribution is 2.25. The molecule has 0 amide bonds. The fourth-order valence-electron chi connectivity index (χ4n) is 2.37. The molecule has 0 aliphatic carbocycles. The van der Waals surface area contributed by atoms with Crippen molar-refractivity contribution in [3.8, 4) is 11.5 Å². The van der Waals surface area contributed by atoms with Crippen molar-refractivity contribution in [2.24, 2.45) is 0 Å². The van der Waals surface area contributed by atoms with Gasteiger partial charge in [0.2, 0.25) is 0 Å². The lowest BCUT2D eigenvalue weighted by atomic mass is 10.1. The molecule has 0 fully saturated rings. The zero-order chi connectivity index (χ0) is 19.8. The maximum absolute atomic E-state index is 12.0. The van der Waals surface area contributed by atoms with Crippen molar-refractivity contribution >= 4 is 19.1 Å². The lowest BCUT2D eigenvalue weighted by Crippen LogP contribution is -2.20. The maximum atomic E-state index is 12.0. The number of carbonyl (C=O) groups excluding carboxylic acids is 1. The number of hydrogen-bond donors (Lipinski definition) is 3. The minimum absolute atomic E-state index is 0.0636. The average Bonchev–Trinajstić information content (AvgIpc) is 2.59. The second-order valence-electron chi connectivity index (χ2n) is 5.90. The van der Waals surface area contributed by atoms with Crippen LogP contribution in [0.2, 0.25) is 0 Å². The summed E-state index contributed by atoms with van der Waals surface area (Å²) in [5.41, 5.74) is 1.07. The Balaban J connectivity index is 2.20. The average molecular weight is 374 g/mol. The van der Waals surface area contributed by atoms with Gasteiger partial charge in [-0.15, -0.1) is 0 Å². The van der Waals surface area contributed by atoms with Gasteiger partial charge >= 0.3 is 13.3 Å². The summed E-state index contributed by atoms with van der Waals surface area (Å²) in [4.78, 5) is 16.2. The summed E-state index contributed by atoms with van der Waals surface area (Å²) in [5, 5.41) is 21.2. The van der Waals surface area contributed by atoms with Gasteiger partial charge < -0.3 is 29.5 Å². The number of nitrogens with one attached hydrogen (secondary N) is 1. The molecule has 1 heterocycles. The van der Waals surface area contributed by atoms with E-state index in [1.165, 1.54) is 0 Å². The Kier molecular flexibility index (Phi) is 7.45. The lowest BCUT2D eigenvalue weighted by molar-refractivity contribution is 0.0527. The first kappa shape index (κ1) is 20.5. The quantitative estimate of drug-likeness (QED) is 0.452. The minimum atomic E-state index is -1.94. The number of benzene rings is 1. The summed E-state index contributed by atoms with van der Waals surface area (Å²) in [5.74, 6) is 0.686. The molecule has 1 aromatic heterocycles. The van der Waals surface area contributed by atoms with Crippen LogP contribution in [0.25, 0.3) is 0 Å².